The summed E-state index contributed by atoms with van der Waals surface area (Å²) in [6.07, 6.45) is 5.06. The number of hydrogen-bond acceptors (Lipinski definition) is 4. The predicted octanol–water partition coefficient (Wildman–Crippen LogP) is -0.141. The zero-order valence-electron chi connectivity index (χ0n) is 5.11. The Balaban J connectivity index is 2.56. The lowest BCUT2D eigenvalue weighted by Crippen LogP contribution is -2.26. The van der Waals surface area contributed by atoms with Crippen LogP contribution in [0.2, 0.25) is 0 Å². The smallest absolute Gasteiger partial charge is 0.268 e. The van der Waals surface area contributed by atoms with Gasteiger partial charge in [0.25, 0.3) is 9.05 Å². The second kappa shape index (κ2) is 2.84. The molecule has 0 aromatic heterocycles. The Morgan fingerprint density at radius 1 is 1.60 bits per heavy atom. The van der Waals surface area contributed by atoms with Gasteiger partial charge in [0.15, 0.2) is 0 Å². The molecule has 0 aromatic rings. The molecule has 0 aromatic carbocycles. The summed E-state index contributed by atoms with van der Waals surface area (Å²) in [5.74, 6) is 2.31. The normalized spacial score (nSPS) is 40.5. The van der Waals surface area contributed by atoms with Crippen molar-refractivity contribution in [2.24, 2.45) is 5.92 Å². The van der Waals surface area contributed by atoms with Crippen molar-refractivity contribution in [3.8, 4) is 12.3 Å². The summed E-state index contributed by atoms with van der Waals surface area (Å²) in [5.41, 5.74) is 0. The molecule has 1 aliphatic rings. The molecule has 5 heteroatoms. The monoisotopic (exact) mass is 178 g/mol. The third-order valence-electron chi connectivity index (χ3n) is 1.06. The molecule has 10 heavy (non-hydrogen) atoms. The highest BCUT2D eigenvalue weighted by Gasteiger charge is 2.20. The van der Waals surface area contributed by atoms with Crippen LogP contribution in [0, 0.1) is 18.3 Å². The minimum absolute atomic E-state index is 0.113. The summed E-state index contributed by atoms with van der Waals surface area (Å²) in [4.78, 5) is 0. The van der Waals surface area contributed by atoms with E-state index in [1.807, 2.05) is 0 Å². The summed E-state index contributed by atoms with van der Waals surface area (Å²) in [6, 6.07) is 0. The molecule has 0 bridgehead atoms. The van der Waals surface area contributed by atoms with Crippen molar-refractivity contribution >= 4 is 20.2 Å². The van der Waals surface area contributed by atoms with Gasteiger partial charge in [-0.05, 0) is 0 Å². The molecule has 0 radical (unpaired) electrons. The van der Waals surface area contributed by atoms with Crippen LogP contribution in [-0.4, -0.2) is 17.4 Å². The minimum atomic E-state index is -2.89. The third kappa shape index (κ3) is 1.92. The Hall–Kier alpha value is -0.150. The molecule has 1 fully saturated rings. The van der Waals surface area contributed by atoms with Crippen molar-refractivity contribution in [2.75, 3.05) is 13.2 Å². The van der Waals surface area contributed by atoms with Crippen LogP contribution in [0.1, 0.15) is 0 Å². The first-order chi connectivity index (χ1) is 4.64. The van der Waals surface area contributed by atoms with Gasteiger partial charge in [0.05, 0.1) is 19.1 Å². The number of hydrogen-bond donors (Lipinski definition) is 0. The largest absolute Gasteiger partial charge is 0.269 e. The van der Waals surface area contributed by atoms with E-state index < -0.39 is 9.05 Å². The van der Waals surface area contributed by atoms with Crippen LogP contribution in [0.25, 0.3) is 0 Å². The Morgan fingerprint density at radius 3 is 2.50 bits per heavy atom. The van der Waals surface area contributed by atoms with Crippen LogP contribution in [0.3, 0.4) is 0 Å². The molecule has 0 N–H and O–H groups in total. The molecular formula is C5H6O3S2. The number of terminal acetylenes is 1. The maximum atomic E-state index is 10.8. The molecular weight excluding hydrogens is 172 g/mol. The first-order valence-corrected chi connectivity index (χ1v) is 4.97. The van der Waals surface area contributed by atoms with Crippen molar-refractivity contribution in [1.29, 1.82) is 0 Å². The fourth-order valence-corrected chi connectivity index (χ4v) is 1.57. The lowest BCUT2D eigenvalue weighted by atomic mass is 10.2. The van der Waals surface area contributed by atoms with Gasteiger partial charge < -0.3 is 0 Å². The Kier molecular flexibility index (Phi) is 2.26. The molecule has 56 valence electrons. The average molecular weight is 178 g/mol. The highest BCUT2D eigenvalue weighted by Crippen LogP contribution is 2.10. The molecule has 1 heterocycles. The van der Waals surface area contributed by atoms with Crippen LogP contribution in [0.4, 0.5) is 0 Å². The van der Waals surface area contributed by atoms with Gasteiger partial charge in [0.2, 0.25) is 0 Å². The van der Waals surface area contributed by atoms with E-state index in [2.05, 4.69) is 25.5 Å². The molecule has 0 atom stereocenters. The highest BCUT2D eigenvalue weighted by molar-refractivity contribution is 8.27. The fraction of sp³-hybridized carbons (Fsp3) is 0.600. The summed E-state index contributed by atoms with van der Waals surface area (Å²) < 4.78 is 20.1. The Labute approximate surface area is 64.8 Å². The van der Waals surface area contributed by atoms with Crippen LogP contribution in [0.5, 0.6) is 0 Å². The summed E-state index contributed by atoms with van der Waals surface area (Å²) >= 11 is 4.41. The highest BCUT2D eigenvalue weighted by atomic mass is 32.9. The Bertz CT molecular complexity index is 235. The molecule has 3 nitrogen and oxygen atoms in total. The van der Waals surface area contributed by atoms with Crippen LogP contribution >= 0.6 is 0 Å². The second-order valence-electron chi connectivity index (χ2n) is 1.84. The van der Waals surface area contributed by atoms with Gasteiger partial charge in [-0.15, -0.1) is 6.42 Å². The van der Waals surface area contributed by atoms with Crippen molar-refractivity contribution < 1.29 is 12.6 Å². The zero-order chi connectivity index (χ0) is 7.61. The standard InChI is InChI=1S/C5H6O3S2/c1-2-5-3-7-10(6,9)8-4-5/h1,5H,3-4H2. The quantitative estimate of drug-likeness (QED) is 0.484. The maximum Gasteiger partial charge on any atom is 0.269 e. The van der Waals surface area contributed by atoms with Crippen molar-refractivity contribution in [2.45, 2.75) is 0 Å². The van der Waals surface area contributed by atoms with Gasteiger partial charge >= 0.3 is 0 Å². The van der Waals surface area contributed by atoms with E-state index in [4.69, 9.17) is 6.42 Å². The lowest BCUT2D eigenvalue weighted by molar-refractivity contribution is 0.150. The van der Waals surface area contributed by atoms with Gasteiger partial charge in [-0.1, -0.05) is 5.92 Å². The first-order valence-electron chi connectivity index (χ1n) is 2.64. The van der Waals surface area contributed by atoms with E-state index in [1.54, 1.807) is 0 Å². The van der Waals surface area contributed by atoms with E-state index in [9.17, 15) is 4.21 Å². The third-order valence-corrected chi connectivity index (χ3v) is 2.49. The molecule has 0 saturated carbocycles. The van der Waals surface area contributed by atoms with E-state index in [0.29, 0.717) is 0 Å². The fourth-order valence-electron chi connectivity index (χ4n) is 0.509. The number of rotatable bonds is 0. The van der Waals surface area contributed by atoms with Crippen molar-refractivity contribution in [3.63, 3.8) is 0 Å². The first kappa shape index (κ1) is 7.95. The van der Waals surface area contributed by atoms with E-state index in [1.165, 1.54) is 0 Å². The maximum absolute atomic E-state index is 10.8. The molecule has 1 rings (SSSR count). The van der Waals surface area contributed by atoms with Crippen molar-refractivity contribution in [3.05, 3.63) is 0 Å². The molecule has 0 amide bonds. The lowest BCUT2D eigenvalue weighted by Gasteiger charge is -2.18. The van der Waals surface area contributed by atoms with Crippen LogP contribution in [0.15, 0.2) is 0 Å². The van der Waals surface area contributed by atoms with Gasteiger partial charge in [-0.2, -0.15) is 4.21 Å². The van der Waals surface area contributed by atoms with Gasteiger partial charge in [0.1, 0.15) is 0 Å². The summed E-state index contributed by atoms with van der Waals surface area (Å²) in [6.45, 7) is 0.470. The van der Waals surface area contributed by atoms with Gasteiger partial charge in [-0.25, -0.2) is 0 Å². The van der Waals surface area contributed by atoms with Gasteiger partial charge in [0, 0.05) is 11.2 Å². The predicted molar refractivity (Wildman–Crippen MR) is 39.7 cm³/mol. The molecule has 0 spiro atoms. The molecule has 0 aliphatic carbocycles. The van der Waals surface area contributed by atoms with Crippen LogP contribution < -0.4 is 0 Å². The van der Waals surface area contributed by atoms with Gasteiger partial charge in [-0.3, -0.25) is 8.37 Å². The topological polar surface area (TPSA) is 35.5 Å². The molecule has 1 saturated heterocycles. The van der Waals surface area contributed by atoms with E-state index >= 15 is 0 Å². The average Bonchev–Trinajstić information content (AvgIpc) is 1.88. The van der Waals surface area contributed by atoms with Crippen LogP contribution in [-0.2, 0) is 28.6 Å². The van der Waals surface area contributed by atoms with E-state index in [0.717, 1.165) is 0 Å². The molecule has 1 aliphatic heterocycles. The second-order valence-corrected chi connectivity index (χ2v) is 4.35. The summed E-state index contributed by atoms with van der Waals surface area (Å²) in [7, 11) is -2.89. The molecule has 0 unspecified atom stereocenters. The Morgan fingerprint density at radius 2 is 2.10 bits per heavy atom. The summed E-state index contributed by atoms with van der Waals surface area (Å²) in [5, 5.41) is 0. The minimum Gasteiger partial charge on any atom is -0.268 e. The van der Waals surface area contributed by atoms with E-state index in [-0.39, 0.29) is 19.1 Å². The zero-order valence-corrected chi connectivity index (χ0v) is 6.74. The van der Waals surface area contributed by atoms with Crippen molar-refractivity contribution in [1.82, 2.24) is 0 Å². The SMILES string of the molecule is C#CC1COS(=O)(=S)OC1.